The Bertz CT molecular complexity index is 778. The third-order valence-corrected chi connectivity index (χ3v) is 5.56. The number of rotatable bonds is 6. The highest BCUT2D eigenvalue weighted by molar-refractivity contribution is 5.84. The standard InChI is InChI=1S/C21H27FN4O/c1-24-14-16(13-23-24)15-26(19-9-10-19)21(27)20(25-11-3-2-4-12-25)17-5-7-18(22)8-6-17/h5-8,13-14,19-20H,2-4,9-12,15H2,1H3/t20-/m0/s1. The minimum Gasteiger partial charge on any atom is -0.334 e. The molecule has 0 bridgehead atoms. The Hall–Kier alpha value is -2.21. The lowest BCUT2D eigenvalue weighted by molar-refractivity contribution is -0.139. The Morgan fingerprint density at radius 3 is 2.52 bits per heavy atom. The summed E-state index contributed by atoms with van der Waals surface area (Å²) in [4.78, 5) is 18.0. The summed E-state index contributed by atoms with van der Waals surface area (Å²) < 4.78 is 15.2. The highest BCUT2D eigenvalue weighted by Gasteiger charge is 2.39. The molecule has 0 spiro atoms. The number of aromatic nitrogens is 2. The fraction of sp³-hybridized carbons (Fsp3) is 0.524. The van der Waals surface area contributed by atoms with Crippen molar-refractivity contribution in [2.45, 2.75) is 50.7 Å². The van der Waals surface area contributed by atoms with Gasteiger partial charge in [0, 0.05) is 31.4 Å². The molecule has 2 aromatic rings. The van der Waals surface area contributed by atoms with E-state index < -0.39 is 0 Å². The van der Waals surface area contributed by atoms with Crippen LogP contribution >= 0.6 is 0 Å². The van der Waals surface area contributed by atoms with Crippen LogP contribution in [-0.2, 0) is 18.4 Å². The number of nitrogens with zero attached hydrogens (tertiary/aromatic N) is 4. The highest BCUT2D eigenvalue weighted by atomic mass is 19.1. The fourth-order valence-corrected chi connectivity index (χ4v) is 4.01. The van der Waals surface area contributed by atoms with Crippen molar-refractivity contribution in [1.29, 1.82) is 0 Å². The van der Waals surface area contributed by atoms with Crippen LogP contribution in [0.15, 0.2) is 36.7 Å². The van der Waals surface area contributed by atoms with Crippen molar-refractivity contribution in [3.05, 3.63) is 53.6 Å². The average Bonchev–Trinajstić information content (AvgIpc) is 3.44. The van der Waals surface area contributed by atoms with Gasteiger partial charge in [-0.25, -0.2) is 4.39 Å². The molecule has 2 fully saturated rings. The lowest BCUT2D eigenvalue weighted by Gasteiger charge is -2.37. The zero-order chi connectivity index (χ0) is 18.8. The topological polar surface area (TPSA) is 41.4 Å². The number of hydrogen-bond donors (Lipinski definition) is 0. The Kier molecular flexibility index (Phi) is 5.25. The Balaban J connectivity index is 1.62. The van der Waals surface area contributed by atoms with E-state index in [1.54, 1.807) is 16.8 Å². The first-order valence-corrected chi connectivity index (χ1v) is 9.89. The molecule has 1 aliphatic heterocycles. The molecular formula is C21H27FN4O. The molecule has 0 unspecified atom stereocenters. The number of carbonyl (C=O) groups excluding carboxylic acids is 1. The van der Waals surface area contributed by atoms with Crippen molar-refractivity contribution in [3.8, 4) is 0 Å². The van der Waals surface area contributed by atoms with E-state index in [0.29, 0.717) is 12.6 Å². The van der Waals surface area contributed by atoms with Crippen molar-refractivity contribution >= 4 is 5.91 Å². The third kappa shape index (κ3) is 4.21. The number of halogens is 1. The maximum atomic E-state index is 13.7. The summed E-state index contributed by atoms with van der Waals surface area (Å²) in [7, 11) is 1.89. The predicted molar refractivity (Wildman–Crippen MR) is 101 cm³/mol. The van der Waals surface area contributed by atoms with Crippen LogP contribution < -0.4 is 0 Å². The van der Waals surface area contributed by atoms with Crippen LogP contribution in [0, 0.1) is 5.82 Å². The number of hydrogen-bond acceptors (Lipinski definition) is 3. The zero-order valence-corrected chi connectivity index (χ0v) is 15.9. The van der Waals surface area contributed by atoms with E-state index in [4.69, 9.17) is 0 Å². The van der Waals surface area contributed by atoms with Crippen LogP contribution in [-0.4, -0.2) is 44.6 Å². The summed E-state index contributed by atoms with van der Waals surface area (Å²) in [5.74, 6) is -0.132. The molecule has 1 saturated heterocycles. The van der Waals surface area contributed by atoms with Gasteiger partial charge in [-0.3, -0.25) is 14.4 Å². The van der Waals surface area contributed by atoms with Gasteiger partial charge in [-0.15, -0.1) is 0 Å². The third-order valence-electron chi connectivity index (χ3n) is 5.56. The van der Waals surface area contributed by atoms with Crippen LogP contribution in [0.3, 0.4) is 0 Å². The second-order valence-electron chi connectivity index (χ2n) is 7.77. The van der Waals surface area contributed by atoms with Crippen LogP contribution in [0.5, 0.6) is 0 Å². The Morgan fingerprint density at radius 1 is 1.22 bits per heavy atom. The molecule has 1 atom stereocenters. The molecule has 0 radical (unpaired) electrons. The van der Waals surface area contributed by atoms with Crippen LogP contribution in [0.1, 0.15) is 49.3 Å². The highest BCUT2D eigenvalue weighted by Crippen LogP contribution is 2.34. The molecule has 6 heteroatoms. The molecule has 1 aromatic heterocycles. The minimum atomic E-state index is -0.330. The molecule has 144 valence electrons. The molecule has 2 heterocycles. The number of amides is 1. The smallest absolute Gasteiger partial charge is 0.245 e. The number of benzene rings is 1. The van der Waals surface area contributed by atoms with E-state index in [2.05, 4.69) is 10.00 Å². The van der Waals surface area contributed by atoms with Crippen LogP contribution in [0.4, 0.5) is 4.39 Å². The van der Waals surface area contributed by atoms with Gasteiger partial charge in [-0.1, -0.05) is 18.6 Å². The van der Waals surface area contributed by atoms with Crippen LogP contribution in [0.25, 0.3) is 0 Å². The zero-order valence-electron chi connectivity index (χ0n) is 15.9. The molecule has 2 aliphatic rings. The SMILES string of the molecule is Cn1cc(CN(C(=O)[C@H](c2ccc(F)cc2)N2CCCCC2)C2CC2)cn1. The van der Waals surface area contributed by atoms with Gasteiger partial charge < -0.3 is 4.90 Å². The van der Waals surface area contributed by atoms with E-state index in [9.17, 15) is 9.18 Å². The molecule has 1 aliphatic carbocycles. The molecule has 1 aromatic carbocycles. The maximum absolute atomic E-state index is 13.7. The van der Waals surface area contributed by atoms with E-state index in [-0.39, 0.29) is 17.8 Å². The Labute approximate surface area is 159 Å². The number of aryl methyl sites for hydroxylation is 1. The number of carbonyl (C=O) groups is 1. The van der Waals surface area contributed by atoms with Gasteiger partial charge in [-0.2, -0.15) is 5.10 Å². The molecule has 4 rings (SSSR count). The van der Waals surface area contributed by atoms with E-state index in [0.717, 1.165) is 49.9 Å². The largest absolute Gasteiger partial charge is 0.334 e. The quantitative estimate of drug-likeness (QED) is 0.784. The summed E-state index contributed by atoms with van der Waals surface area (Å²) in [5.41, 5.74) is 1.94. The summed E-state index contributed by atoms with van der Waals surface area (Å²) in [6.45, 7) is 2.42. The average molecular weight is 370 g/mol. The van der Waals surface area contributed by atoms with Gasteiger partial charge in [0.25, 0.3) is 0 Å². The predicted octanol–water partition coefficient (Wildman–Crippen LogP) is 3.28. The number of likely N-dealkylation sites (tertiary alicyclic amines) is 1. The second kappa shape index (κ2) is 7.80. The first kappa shape index (κ1) is 18.2. The second-order valence-corrected chi connectivity index (χ2v) is 7.77. The molecule has 27 heavy (non-hydrogen) atoms. The van der Waals surface area contributed by atoms with Crippen molar-refractivity contribution in [3.63, 3.8) is 0 Å². The van der Waals surface area contributed by atoms with Crippen LogP contribution in [0.2, 0.25) is 0 Å². The van der Waals surface area contributed by atoms with E-state index in [1.807, 2.05) is 24.3 Å². The van der Waals surface area contributed by atoms with Gasteiger partial charge >= 0.3 is 0 Å². The van der Waals surface area contributed by atoms with Crippen molar-refractivity contribution in [1.82, 2.24) is 19.6 Å². The van der Waals surface area contributed by atoms with Gasteiger partial charge in [-0.05, 0) is 56.5 Å². The fourth-order valence-electron chi connectivity index (χ4n) is 4.01. The summed E-state index contributed by atoms with van der Waals surface area (Å²) >= 11 is 0. The van der Waals surface area contributed by atoms with Gasteiger partial charge in [0.15, 0.2) is 0 Å². The lowest BCUT2D eigenvalue weighted by Crippen LogP contribution is -2.45. The van der Waals surface area contributed by atoms with Crippen molar-refractivity contribution in [2.75, 3.05) is 13.1 Å². The normalized spacial score (nSPS) is 19.0. The molecule has 1 amide bonds. The maximum Gasteiger partial charge on any atom is 0.245 e. The van der Waals surface area contributed by atoms with Gasteiger partial charge in [0.1, 0.15) is 11.9 Å². The minimum absolute atomic E-state index is 0.134. The number of piperidine rings is 1. The first-order valence-electron chi connectivity index (χ1n) is 9.89. The molecule has 1 saturated carbocycles. The molecule has 5 nitrogen and oxygen atoms in total. The van der Waals surface area contributed by atoms with E-state index in [1.165, 1.54) is 18.6 Å². The van der Waals surface area contributed by atoms with Gasteiger partial charge in [0.2, 0.25) is 5.91 Å². The van der Waals surface area contributed by atoms with Crippen molar-refractivity contribution < 1.29 is 9.18 Å². The van der Waals surface area contributed by atoms with Crippen molar-refractivity contribution in [2.24, 2.45) is 7.05 Å². The summed E-state index contributed by atoms with van der Waals surface area (Å²) in [6, 6.07) is 6.43. The Morgan fingerprint density at radius 2 is 1.93 bits per heavy atom. The monoisotopic (exact) mass is 370 g/mol. The summed E-state index contributed by atoms with van der Waals surface area (Å²) in [5, 5.41) is 4.24. The van der Waals surface area contributed by atoms with Gasteiger partial charge in [0.05, 0.1) is 6.20 Å². The summed E-state index contributed by atoms with van der Waals surface area (Å²) in [6.07, 6.45) is 9.34. The first-order chi connectivity index (χ1) is 13.1. The molecular weight excluding hydrogens is 343 g/mol. The van der Waals surface area contributed by atoms with E-state index >= 15 is 0 Å². The lowest BCUT2D eigenvalue weighted by atomic mass is 10.00. The molecule has 0 N–H and O–H groups in total.